The number of anilines is 1. The molecule has 0 N–H and O–H groups in total. The molecule has 6 nitrogen and oxygen atoms in total. The van der Waals surface area contributed by atoms with E-state index in [4.69, 9.17) is 0 Å². The number of amides is 1. The van der Waals surface area contributed by atoms with E-state index in [1.54, 1.807) is 23.5 Å². The summed E-state index contributed by atoms with van der Waals surface area (Å²) in [5, 5.41) is 13.6. The summed E-state index contributed by atoms with van der Waals surface area (Å²) in [5.41, 5.74) is 1.06. The Kier molecular flexibility index (Phi) is 4.63. The Bertz CT molecular complexity index is 815. The van der Waals surface area contributed by atoms with Crippen LogP contribution in [0.25, 0.3) is 0 Å². The van der Waals surface area contributed by atoms with Crippen LogP contribution in [-0.4, -0.2) is 35.4 Å². The molecule has 0 spiro atoms. The third kappa shape index (κ3) is 3.07. The number of carbonyl (C=O) groups is 1. The number of hydrogen-bond donors (Lipinski definition) is 0. The molecule has 1 aromatic heterocycles. The summed E-state index contributed by atoms with van der Waals surface area (Å²) in [6.07, 6.45) is 4.00. The molecule has 2 saturated heterocycles. The van der Waals surface area contributed by atoms with Gasteiger partial charge in [0, 0.05) is 36.1 Å². The highest BCUT2D eigenvalue weighted by Gasteiger charge is 2.32. The van der Waals surface area contributed by atoms with Crippen molar-refractivity contribution in [2.24, 2.45) is 0 Å². The molecule has 7 heteroatoms. The molecule has 1 amide bonds. The maximum absolute atomic E-state index is 13.1. The summed E-state index contributed by atoms with van der Waals surface area (Å²) in [5.74, 6) is -0.114. The topological polar surface area (TPSA) is 66.7 Å². The van der Waals surface area contributed by atoms with Crippen molar-refractivity contribution in [1.29, 1.82) is 0 Å². The van der Waals surface area contributed by atoms with Crippen molar-refractivity contribution in [2.45, 2.75) is 31.7 Å². The normalized spacial score (nSPS) is 19.9. The second-order valence-electron chi connectivity index (χ2n) is 6.83. The zero-order chi connectivity index (χ0) is 18.1. The number of thiophene rings is 1. The lowest BCUT2D eigenvalue weighted by Gasteiger charge is -2.24. The van der Waals surface area contributed by atoms with Crippen molar-refractivity contribution < 1.29 is 9.72 Å². The monoisotopic (exact) mass is 371 g/mol. The fraction of sp³-hybridized carbons (Fsp3) is 0.421. The number of hydrogen-bond acceptors (Lipinski definition) is 5. The van der Waals surface area contributed by atoms with Crippen molar-refractivity contribution in [3.63, 3.8) is 0 Å². The standard InChI is InChI=1S/C19H21N3O3S/c23-19(21-11-3-5-16(21)18-6-4-12-26-18)14-7-8-15(17(13-14)22(24)25)20-9-1-2-10-20/h4,6-8,12-13,16H,1-3,5,9-11H2/t16-/m1/s1. The molecule has 2 aliphatic heterocycles. The van der Waals surface area contributed by atoms with E-state index in [1.807, 2.05) is 21.2 Å². The predicted molar refractivity (Wildman–Crippen MR) is 102 cm³/mol. The van der Waals surface area contributed by atoms with Gasteiger partial charge in [-0.1, -0.05) is 6.07 Å². The van der Waals surface area contributed by atoms with Gasteiger partial charge < -0.3 is 9.80 Å². The summed E-state index contributed by atoms with van der Waals surface area (Å²) in [6, 6.07) is 9.08. The Balaban J connectivity index is 1.63. The van der Waals surface area contributed by atoms with Gasteiger partial charge in [-0.15, -0.1) is 11.3 Å². The van der Waals surface area contributed by atoms with Gasteiger partial charge in [-0.2, -0.15) is 0 Å². The molecular weight excluding hydrogens is 350 g/mol. The SMILES string of the molecule is O=C(c1ccc(N2CCCC2)c([N+](=O)[O-])c1)N1CCC[C@@H]1c1cccs1. The van der Waals surface area contributed by atoms with Gasteiger partial charge in [0.2, 0.25) is 0 Å². The van der Waals surface area contributed by atoms with Crippen molar-refractivity contribution in [3.05, 3.63) is 56.3 Å². The first kappa shape index (κ1) is 17.0. The summed E-state index contributed by atoms with van der Waals surface area (Å²) < 4.78 is 0. The molecule has 26 heavy (non-hydrogen) atoms. The van der Waals surface area contributed by atoms with Crippen LogP contribution in [0.2, 0.25) is 0 Å². The van der Waals surface area contributed by atoms with Gasteiger partial charge in [-0.05, 0) is 49.3 Å². The Labute approximate surface area is 156 Å². The number of rotatable bonds is 4. The first-order valence-electron chi connectivity index (χ1n) is 9.03. The van der Waals surface area contributed by atoms with Crippen LogP contribution in [0.15, 0.2) is 35.7 Å². The lowest BCUT2D eigenvalue weighted by atomic mass is 10.1. The van der Waals surface area contributed by atoms with Crippen LogP contribution < -0.4 is 4.90 Å². The lowest BCUT2D eigenvalue weighted by Crippen LogP contribution is -2.30. The summed E-state index contributed by atoms with van der Waals surface area (Å²) in [6.45, 7) is 2.37. The van der Waals surface area contributed by atoms with Crippen LogP contribution in [0, 0.1) is 10.1 Å². The maximum atomic E-state index is 13.1. The summed E-state index contributed by atoms with van der Waals surface area (Å²) in [7, 11) is 0. The van der Waals surface area contributed by atoms with E-state index >= 15 is 0 Å². The number of benzene rings is 1. The highest BCUT2D eigenvalue weighted by atomic mass is 32.1. The second kappa shape index (κ2) is 7.07. The highest BCUT2D eigenvalue weighted by Crippen LogP contribution is 2.37. The van der Waals surface area contributed by atoms with E-state index in [1.165, 1.54) is 10.9 Å². The number of carbonyl (C=O) groups excluding carboxylic acids is 1. The zero-order valence-electron chi connectivity index (χ0n) is 14.5. The van der Waals surface area contributed by atoms with E-state index in [-0.39, 0.29) is 22.6 Å². The summed E-state index contributed by atoms with van der Waals surface area (Å²) in [4.78, 5) is 29.3. The zero-order valence-corrected chi connectivity index (χ0v) is 15.3. The minimum Gasteiger partial charge on any atom is -0.366 e. The van der Waals surface area contributed by atoms with E-state index in [9.17, 15) is 14.9 Å². The molecule has 0 radical (unpaired) electrons. The first-order chi connectivity index (χ1) is 12.6. The minimum atomic E-state index is -0.370. The molecule has 136 valence electrons. The number of nitro benzene ring substituents is 1. The smallest absolute Gasteiger partial charge is 0.293 e. The van der Waals surface area contributed by atoms with Crippen LogP contribution in [-0.2, 0) is 0 Å². The van der Waals surface area contributed by atoms with Crippen LogP contribution in [0.4, 0.5) is 11.4 Å². The third-order valence-electron chi connectivity index (χ3n) is 5.25. The van der Waals surface area contributed by atoms with Crippen molar-refractivity contribution in [2.75, 3.05) is 24.5 Å². The van der Waals surface area contributed by atoms with Gasteiger partial charge in [-0.25, -0.2) is 0 Å². The van der Waals surface area contributed by atoms with Gasteiger partial charge >= 0.3 is 0 Å². The highest BCUT2D eigenvalue weighted by molar-refractivity contribution is 7.10. The number of nitrogens with zero attached hydrogens (tertiary/aromatic N) is 3. The summed E-state index contributed by atoms with van der Waals surface area (Å²) >= 11 is 1.66. The van der Waals surface area contributed by atoms with Crippen LogP contribution >= 0.6 is 11.3 Å². The van der Waals surface area contributed by atoms with Crippen molar-refractivity contribution >= 4 is 28.6 Å². The molecule has 0 saturated carbocycles. The predicted octanol–water partition coefficient (Wildman–Crippen LogP) is 4.23. The number of likely N-dealkylation sites (tertiary alicyclic amines) is 1. The minimum absolute atomic E-state index is 0.0321. The van der Waals surface area contributed by atoms with Gasteiger partial charge in [-0.3, -0.25) is 14.9 Å². The van der Waals surface area contributed by atoms with Crippen LogP contribution in [0.3, 0.4) is 0 Å². The molecule has 2 aromatic rings. The number of nitro groups is 1. The molecule has 3 heterocycles. The quantitative estimate of drug-likeness (QED) is 0.596. The van der Waals surface area contributed by atoms with Gasteiger partial charge in [0.25, 0.3) is 11.6 Å². The molecule has 4 rings (SSSR count). The van der Waals surface area contributed by atoms with E-state index in [0.717, 1.165) is 38.8 Å². The first-order valence-corrected chi connectivity index (χ1v) is 9.91. The van der Waals surface area contributed by atoms with Crippen LogP contribution in [0.1, 0.15) is 47.0 Å². The van der Waals surface area contributed by atoms with E-state index in [0.29, 0.717) is 17.8 Å². The lowest BCUT2D eigenvalue weighted by molar-refractivity contribution is -0.384. The Morgan fingerprint density at radius 1 is 1.15 bits per heavy atom. The van der Waals surface area contributed by atoms with Crippen molar-refractivity contribution in [1.82, 2.24) is 4.90 Å². The Morgan fingerprint density at radius 3 is 2.65 bits per heavy atom. The van der Waals surface area contributed by atoms with Gasteiger partial charge in [0.1, 0.15) is 5.69 Å². The Morgan fingerprint density at radius 2 is 1.96 bits per heavy atom. The molecule has 0 bridgehead atoms. The largest absolute Gasteiger partial charge is 0.366 e. The molecule has 0 unspecified atom stereocenters. The molecular formula is C19H21N3O3S. The van der Waals surface area contributed by atoms with Gasteiger partial charge in [0.15, 0.2) is 0 Å². The second-order valence-corrected chi connectivity index (χ2v) is 7.81. The molecule has 2 fully saturated rings. The average molecular weight is 371 g/mol. The van der Waals surface area contributed by atoms with Crippen molar-refractivity contribution in [3.8, 4) is 0 Å². The fourth-order valence-corrected chi connectivity index (χ4v) is 4.85. The van der Waals surface area contributed by atoms with E-state index in [2.05, 4.69) is 6.07 Å². The van der Waals surface area contributed by atoms with Gasteiger partial charge in [0.05, 0.1) is 11.0 Å². The Hall–Kier alpha value is -2.41. The average Bonchev–Trinajstić information content (AvgIpc) is 3.42. The van der Waals surface area contributed by atoms with Crippen LogP contribution in [0.5, 0.6) is 0 Å². The maximum Gasteiger partial charge on any atom is 0.293 e. The third-order valence-corrected chi connectivity index (χ3v) is 6.22. The molecule has 1 atom stereocenters. The molecule has 1 aromatic carbocycles. The molecule has 2 aliphatic rings. The molecule has 0 aliphatic carbocycles. The fourth-order valence-electron chi connectivity index (χ4n) is 3.98. The van der Waals surface area contributed by atoms with E-state index < -0.39 is 0 Å².